The molecular formula is C54H34N2O. The Bertz CT molecular complexity index is 3380. The molecule has 0 aliphatic heterocycles. The summed E-state index contributed by atoms with van der Waals surface area (Å²) in [4.78, 5) is 0. The predicted octanol–water partition coefficient (Wildman–Crippen LogP) is 14.8. The molecule has 12 rings (SSSR count). The van der Waals surface area contributed by atoms with E-state index >= 15 is 0 Å². The van der Waals surface area contributed by atoms with Crippen molar-refractivity contribution in [3.8, 4) is 44.8 Å². The summed E-state index contributed by atoms with van der Waals surface area (Å²) in [5.41, 5.74) is 16.0. The first-order chi connectivity index (χ1) is 28.3. The maximum Gasteiger partial charge on any atom is 0.137 e. The van der Waals surface area contributed by atoms with Crippen molar-refractivity contribution >= 4 is 65.6 Å². The molecule has 0 bridgehead atoms. The number of nitrogens with zero attached hydrogens (tertiary/aromatic N) is 2. The lowest BCUT2D eigenvalue weighted by molar-refractivity contribution is 0.669. The van der Waals surface area contributed by atoms with Gasteiger partial charge in [0.2, 0.25) is 0 Å². The van der Waals surface area contributed by atoms with E-state index < -0.39 is 0 Å². The number of benzene rings is 9. The zero-order valence-electron chi connectivity index (χ0n) is 30.9. The Labute approximate surface area is 328 Å². The molecule has 0 unspecified atom stereocenters. The lowest BCUT2D eigenvalue weighted by Gasteiger charge is -2.12. The summed E-state index contributed by atoms with van der Waals surface area (Å²) < 4.78 is 11.1. The second-order valence-corrected chi connectivity index (χ2v) is 14.9. The minimum Gasteiger partial charge on any atom is -0.456 e. The van der Waals surface area contributed by atoms with Gasteiger partial charge in [0.25, 0.3) is 0 Å². The SMILES string of the molecule is c1ccc(-c2ccc3c(c2)c2cc(-c4ccccc4)ccc2n3-c2ccc(-c3ccc(-n4c5ccccc5c5ccc6oc7ccccc7c6c54)cc3)cc2)cc1. The Morgan fingerprint density at radius 1 is 0.281 bits per heavy atom. The first kappa shape index (κ1) is 31.7. The van der Waals surface area contributed by atoms with Gasteiger partial charge in [-0.1, -0.05) is 133 Å². The molecule has 0 amide bonds. The third-order valence-electron chi connectivity index (χ3n) is 11.7. The second-order valence-electron chi connectivity index (χ2n) is 14.9. The molecule has 0 N–H and O–H groups in total. The van der Waals surface area contributed by atoms with Crippen LogP contribution in [0.1, 0.15) is 0 Å². The quantitative estimate of drug-likeness (QED) is 0.173. The molecule has 0 aliphatic carbocycles. The third-order valence-corrected chi connectivity index (χ3v) is 11.7. The summed E-state index contributed by atoms with van der Waals surface area (Å²) in [5.74, 6) is 0. The van der Waals surface area contributed by atoms with Gasteiger partial charge >= 0.3 is 0 Å². The Balaban J connectivity index is 0.961. The van der Waals surface area contributed by atoms with Gasteiger partial charge in [-0.15, -0.1) is 0 Å². The smallest absolute Gasteiger partial charge is 0.137 e. The summed E-state index contributed by atoms with van der Waals surface area (Å²) >= 11 is 0. The molecule has 9 aromatic carbocycles. The highest BCUT2D eigenvalue weighted by Gasteiger charge is 2.19. The standard InChI is InChI=1S/C54H34N2O/c1-3-11-35(12-4-1)39-23-30-49-46(33-39)47-34-40(36-13-5-2-6-14-36)24-31-50(47)55(49)41-25-19-37(20-26-41)38-21-27-42(28-22-38)56-48-17-9-7-15-43(48)44-29-32-52-53(54(44)56)45-16-8-10-18-51(45)57-52/h1-34H. The molecule has 0 atom stereocenters. The molecule has 3 nitrogen and oxygen atoms in total. The van der Waals surface area contributed by atoms with Crippen LogP contribution < -0.4 is 0 Å². The van der Waals surface area contributed by atoms with Crippen LogP contribution in [0.25, 0.3) is 110 Å². The molecule has 57 heavy (non-hydrogen) atoms. The van der Waals surface area contributed by atoms with E-state index in [2.05, 4.69) is 209 Å². The predicted molar refractivity (Wildman–Crippen MR) is 239 cm³/mol. The molecule has 0 spiro atoms. The largest absolute Gasteiger partial charge is 0.456 e. The lowest BCUT2D eigenvalue weighted by atomic mass is 10.0. The average molecular weight is 727 g/mol. The zero-order valence-corrected chi connectivity index (χ0v) is 30.9. The Hall–Kier alpha value is -7.62. The number of fused-ring (bicyclic) bond motifs is 10. The van der Waals surface area contributed by atoms with E-state index in [1.807, 2.05) is 6.07 Å². The van der Waals surface area contributed by atoms with E-state index in [9.17, 15) is 0 Å². The highest BCUT2D eigenvalue weighted by Crippen LogP contribution is 2.42. The van der Waals surface area contributed by atoms with Gasteiger partial charge in [0.15, 0.2) is 0 Å². The molecule has 3 heteroatoms. The number of para-hydroxylation sites is 2. The van der Waals surface area contributed by atoms with Crippen molar-refractivity contribution < 1.29 is 4.42 Å². The van der Waals surface area contributed by atoms with Crippen molar-refractivity contribution in [2.45, 2.75) is 0 Å². The molecule has 0 saturated carbocycles. The van der Waals surface area contributed by atoms with E-state index in [0.29, 0.717) is 0 Å². The van der Waals surface area contributed by atoms with E-state index in [-0.39, 0.29) is 0 Å². The fourth-order valence-electron chi connectivity index (χ4n) is 9.06. The Kier molecular flexibility index (Phi) is 6.93. The van der Waals surface area contributed by atoms with Gasteiger partial charge < -0.3 is 13.6 Å². The normalized spacial score (nSPS) is 11.9. The Morgan fingerprint density at radius 3 is 1.37 bits per heavy atom. The summed E-state index contributed by atoms with van der Waals surface area (Å²) in [6, 6.07) is 74.4. The van der Waals surface area contributed by atoms with Crippen molar-refractivity contribution in [1.29, 1.82) is 0 Å². The summed E-state index contributed by atoms with van der Waals surface area (Å²) in [5, 5.41) is 7.23. The fraction of sp³-hybridized carbons (Fsp3) is 0. The molecular weight excluding hydrogens is 693 g/mol. The van der Waals surface area contributed by atoms with Crippen LogP contribution in [0.3, 0.4) is 0 Å². The van der Waals surface area contributed by atoms with Gasteiger partial charge in [-0.25, -0.2) is 0 Å². The number of aromatic nitrogens is 2. The molecule has 0 saturated heterocycles. The van der Waals surface area contributed by atoms with Gasteiger partial charge in [-0.3, -0.25) is 0 Å². The number of furan rings is 1. The average Bonchev–Trinajstić information content (AvgIpc) is 3.94. The highest BCUT2D eigenvalue weighted by atomic mass is 16.3. The van der Waals surface area contributed by atoms with Crippen LogP contribution in [-0.4, -0.2) is 9.13 Å². The van der Waals surface area contributed by atoms with Gasteiger partial charge in [0.1, 0.15) is 11.2 Å². The minimum atomic E-state index is 0.904. The maximum absolute atomic E-state index is 6.34. The molecule has 0 aliphatic rings. The van der Waals surface area contributed by atoms with Crippen LogP contribution in [0.5, 0.6) is 0 Å². The molecule has 266 valence electrons. The minimum absolute atomic E-state index is 0.904. The van der Waals surface area contributed by atoms with Gasteiger partial charge in [0.05, 0.1) is 27.5 Å². The number of hydrogen-bond donors (Lipinski definition) is 0. The van der Waals surface area contributed by atoms with E-state index in [1.54, 1.807) is 0 Å². The fourth-order valence-corrected chi connectivity index (χ4v) is 9.06. The van der Waals surface area contributed by atoms with Crippen LogP contribution in [0.2, 0.25) is 0 Å². The van der Waals surface area contributed by atoms with Crippen LogP contribution >= 0.6 is 0 Å². The highest BCUT2D eigenvalue weighted by molar-refractivity contribution is 6.24. The molecule has 12 aromatic rings. The van der Waals surface area contributed by atoms with E-state index in [1.165, 1.54) is 77.0 Å². The van der Waals surface area contributed by atoms with Crippen molar-refractivity contribution in [3.05, 3.63) is 206 Å². The first-order valence-electron chi connectivity index (χ1n) is 19.5. The summed E-state index contributed by atoms with van der Waals surface area (Å²) in [6.45, 7) is 0. The van der Waals surface area contributed by atoms with Crippen LogP contribution in [0.15, 0.2) is 211 Å². The number of hydrogen-bond acceptors (Lipinski definition) is 1. The summed E-state index contributed by atoms with van der Waals surface area (Å²) in [6.07, 6.45) is 0. The third kappa shape index (κ3) is 4.92. The van der Waals surface area contributed by atoms with Gasteiger partial charge in [0, 0.05) is 38.3 Å². The van der Waals surface area contributed by atoms with Crippen molar-refractivity contribution in [2.24, 2.45) is 0 Å². The van der Waals surface area contributed by atoms with E-state index in [0.717, 1.165) is 33.3 Å². The molecule has 0 fully saturated rings. The zero-order chi connectivity index (χ0) is 37.5. The summed E-state index contributed by atoms with van der Waals surface area (Å²) in [7, 11) is 0. The lowest BCUT2D eigenvalue weighted by Crippen LogP contribution is -1.95. The van der Waals surface area contributed by atoms with Crippen molar-refractivity contribution in [3.63, 3.8) is 0 Å². The van der Waals surface area contributed by atoms with Crippen LogP contribution in [-0.2, 0) is 0 Å². The second kappa shape index (κ2) is 12.5. The Morgan fingerprint density at radius 2 is 0.754 bits per heavy atom. The van der Waals surface area contributed by atoms with Crippen molar-refractivity contribution in [1.82, 2.24) is 9.13 Å². The maximum atomic E-state index is 6.34. The first-order valence-corrected chi connectivity index (χ1v) is 19.5. The van der Waals surface area contributed by atoms with Crippen LogP contribution in [0.4, 0.5) is 0 Å². The van der Waals surface area contributed by atoms with Crippen LogP contribution in [0, 0.1) is 0 Å². The van der Waals surface area contributed by atoms with Gasteiger partial charge in [-0.05, 0) is 106 Å². The van der Waals surface area contributed by atoms with E-state index in [4.69, 9.17) is 4.42 Å². The molecule has 0 radical (unpaired) electrons. The molecule has 3 heterocycles. The monoisotopic (exact) mass is 726 g/mol. The van der Waals surface area contributed by atoms with Gasteiger partial charge in [-0.2, -0.15) is 0 Å². The molecule has 3 aromatic heterocycles. The topological polar surface area (TPSA) is 23.0 Å². The number of rotatable bonds is 5. The van der Waals surface area contributed by atoms with Crippen molar-refractivity contribution in [2.75, 3.05) is 0 Å².